The van der Waals surface area contributed by atoms with Crippen LogP contribution >= 0.6 is 11.6 Å². The zero-order chi connectivity index (χ0) is 20.4. The van der Waals surface area contributed by atoms with Crippen LogP contribution in [0.1, 0.15) is 25.0 Å². The zero-order valence-corrected chi connectivity index (χ0v) is 18.2. The lowest BCUT2D eigenvalue weighted by molar-refractivity contribution is 0.383. The molecule has 2 fully saturated rings. The van der Waals surface area contributed by atoms with Crippen molar-refractivity contribution in [3.8, 4) is 0 Å². The molecule has 1 aromatic heterocycles. The Kier molecular flexibility index (Phi) is 5.94. The van der Waals surface area contributed by atoms with E-state index in [0.29, 0.717) is 31.2 Å². The molecular formula is C20H26ClN5O2S. The number of benzene rings is 1. The van der Waals surface area contributed by atoms with Crippen LogP contribution in [0, 0.1) is 6.92 Å². The third-order valence-corrected chi connectivity index (χ3v) is 7.59. The molecule has 0 bridgehead atoms. The Balaban J connectivity index is 1.47. The Morgan fingerprint density at radius 3 is 2.31 bits per heavy atom. The molecule has 2 aliphatic heterocycles. The van der Waals surface area contributed by atoms with Crippen molar-refractivity contribution in [1.29, 1.82) is 0 Å². The van der Waals surface area contributed by atoms with E-state index in [1.807, 2.05) is 13.0 Å². The summed E-state index contributed by atoms with van der Waals surface area (Å²) in [5.41, 5.74) is 0.935. The molecule has 7 nitrogen and oxygen atoms in total. The summed E-state index contributed by atoms with van der Waals surface area (Å²) in [5, 5.41) is 0.423. The lowest BCUT2D eigenvalue weighted by Crippen LogP contribution is -2.49. The van der Waals surface area contributed by atoms with E-state index in [9.17, 15) is 8.42 Å². The fraction of sp³-hybridized carbons (Fsp3) is 0.500. The topological polar surface area (TPSA) is 69.6 Å². The highest BCUT2D eigenvalue weighted by Gasteiger charge is 2.29. The molecule has 0 N–H and O–H groups in total. The van der Waals surface area contributed by atoms with Gasteiger partial charge >= 0.3 is 0 Å². The van der Waals surface area contributed by atoms with Crippen molar-refractivity contribution in [2.24, 2.45) is 0 Å². The molecule has 0 aliphatic carbocycles. The number of hydrogen-bond donors (Lipinski definition) is 0. The Labute approximate surface area is 177 Å². The van der Waals surface area contributed by atoms with Crippen molar-refractivity contribution in [3.63, 3.8) is 0 Å². The van der Waals surface area contributed by atoms with Gasteiger partial charge in [-0.25, -0.2) is 13.4 Å². The number of halogens is 1. The number of aromatic nitrogens is 2. The highest BCUT2D eigenvalue weighted by Crippen LogP contribution is 2.24. The van der Waals surface area contributed by atoms with Gasteiger partial charge in [-0.2, -0.15) is 9.29 Å². The number of piperazine rings is 1. The van der Waals surface area contributed by atoms with Crippen molar-refractivity contribution in [1.82, 2.24) is 14.3 Å². The van der Waals surface area contributed by atoms with E-state index in [2.05, 4.69) is 14.8 Å². The monoisotopic (exact) mass is 435 g/mol. The normalized spacial score (nSPS) is 18.8. The van der Waals surface area contributed by atoms with E-state index < -0.39 is 10.0 Å². The van der Waals surface area contributed by atoms with E-state index in [1.165, 1.54) is 29.6 Å². The smallest absolute Gasteiger partial charge is 0.243 e. The average molecular weight is 436 g/mol. The Morgan fingerprint density at radius 1 is 0.897 bits per heavy atom. The maximum absolute atomic E-state index is 12.9. The molecule has 9 heteroatoms. The second kappa shape index (κ2) is 8.45. The summed E-state index contributed by atoms with van der Waals surface area (Å²) in [6, 6.07) is 8.41. The van der Waals surface area contributed by atoms with Crippen molar-refractivity contribution in [2.45, 2.75) is 31.1 Å². The number of hydrogen-bond acceptors (Lipinski definition) is 6. The highest BCUT2D eigenvalue weighted by atomic mass is 35.5. The summed E-state index contributed by atoms with van der Waals surface area (Å²) in [4.78, 5) is 14.1. The number of anilines is 2. The van der Waals surface area contributed by atoms with Crippen molar-refractivity contribution < 1.29 is 8.42 Å². The molecule has 2 aliphatic rings. The molecule has 0 saturated carbocycles. The van der Waals surface area contributed by atoms with Gasteiger partial charge in [-0.1, -0.05) is 17.7 Å². The van der Waals surface area contributed by atoms with Gasteiger partial charge < -0.3 is 9.80 Å². The molecule has 29 heavy (non-hydrogen) atoms. The fourth-order valence-corrected chi connectivity index (χ4v) is 5.59. The maximum atomic E-state index is 12.9. The van der Waals surface area contributed by atoms with Gasteiger partial charge in [-0.15, -0.1) is 0 Å². The van der Waals surface area contributed by atoms with E-state index in [4.69, 9.17) is 16.6 Å². The molecule has 0 atom stereocenters. The quantitative estimate of drug-likeness (QED) is 0.735. The lowest BCUT2D eigenvalue weighted by atomic mass is 10.1. The first kappa shape index (κ1) is 20.4. The van der Waals surface area contributed by atoms with Gasteiger partial charge in [0.25, 0.3) is 0 Å². The third kappa shape index (κ3) is 4.49. The summed E-state index contributed by atoms with van der Waals surface area (Å²) in [6.07, 6.45) is 3.61. The largest absolute Gasteiger partial charge is 0.354 e. The molecule has 1 aromatic carbocycles. The predicted octanol–water partition coefficient (Wildman–Crippen LogP) is 2.94. The lowest BCUT2D eigenvalue weighted by Gasteiger charge is -2.35. The van der Waals surface area contributed by atoms with Crippen LogP contribution in [0.2, 0.25) is 5.02 Å². The third-order valence-electron chi connectivity index (χ3n) is 5.46. The number of rotatable bonds is 4. The van der Waals surface area contributed by atoms with Gasteiger partial charge in [0.1, 0.15) is 5.82 Å². The van der Waals surface area contributed by atoms with Crippen LogP contribution in [0.3, 0.4) is 0 Å². The summed E-state index contributed by atoms with van der Waals surface area (Å²) in [7, 11) is -3.54. The summed E-state index contributed by atoms with van der Waals surface area (Å²) >= 11 is 5.98. The zero-order valence-electron chi connectivity index (χ0n) is 16.6. The van der Waals surface area contributed by atoms with Crippen LogP contribution in [0.5, 0.6) is 0 Å². The molecular weight excluding hydrogens is 410 g/mol. The van der Waals surface area contributed by atoms with Gasteiger partial charge in [0.05, 0.1) is 4.90 Å². The number of aryl methyl sites for hydroxylation is 1. The van der Waals surface area contributed by atoms with E-state index >= 15 is 0 Å². The standard InChI is InChI=1S/C20H26ClN5O2S/c1-16-14-19(23-20(22-16)25-8-3-2-4-9-25)24-10-12-26(13-11-24)29(27,28)18-7-5-6-17(21)15-18/h5-7,14-15H,2-4,8-13H2,1H3. The molecule has 2 aromatic rings. The van der Waals surface area contributed by atoms with Crippen molar-refractivity contribution in [2.75, 3.05) is 49.1 Å². The molecule has 2 saturated heterocycles. The Morgan fingerprint density at radius 2 is 1.62 bits per heavy atom. The number of nitrogens with zero attached hydrogens (tertiary/aromatic N) is 5. The number of piperidine rings is 1. The van der Waals surface area contributed by atoms with Crippen LogP contribution in [-0.4, -0.2) is 62.0 Å². The first-order valence-electron chi connectivity index (χ1n) is 10.0. The molecule has 3 heterocycles. The van der Waals surface area contributed by atoms with Crippen LogP contribution in [0.15, 0.2) is 35.2 Å². The minimum absolute atomic E-state index is 0.240. The molecule has 0 amide bonds. The van der Waals surface area contributed by atoms with Gasteiger partial charge in [0, 0.05) is 56.1 Å². The molecule has 0 unspecified atom stereocenters. The predicted molar refractivity (Wildman–Crippen MR) is 115 cm³/mol. The van der Waals surface area contributed by atoms with Crippen LogP contribution in [-0.2, 0) is 10.0 Å². The molecule has 4 rings (SSSR count). The van der Waals surface area contributed by atoms with Gasteiger partial charge in [0.2, 0.25) is 16.0 Å². The Hall–Kier alpha value is -1.90. The van der Waals surface area contributed by atoms with Crippen molar-refractivity contribution in [3.05, 3.63) is 41.0 Å². The van der Waals surface area contributed by atoms with Gasteiger partial charge in [-0.3, -0.25) is 0 Å². The van der Waals surface area contributed by atoms with Crippen LogP contribution < -0.4 is 9.80 Å². The van der Waals surface area contributed by atoms with Crippen LogP contribution in [0.25, 0.3) is 0 Å². The second-order valence-electron chi connectivity index (χ2n) is 7.56. The minimum atomic E-state index is -3.54. The molecule has 0 spiro atoms. The SMILES string of the molecule is Cc1cc(N2CCN(S(=O)(=O)c3cccc(Cl)c3)CC2)nc(N2CCCCC2)n1. The van der Waals surface area contributed by atoms with E-state index in [1.54, 1.807) is 18.2 Å². The van der Waals surface area contributed by atoms with Gasteiger partial charge in [-0.05, 0) is 44.4 Å². The first-order chi connectivity index (χ1) is 13.9. The van der Waals surface area contributed by atoms with Crippen molar-refractivity contribution >= 4 is 33.4 Å². The fourth-order valence-electron chi connectivity index (χ4n) is 3.87. The minimum Gasteiger partial charge on any atom is -0.354 e. The second-order valence-corrected chi connectivity index (χ2v) is 9.94. The van der Waals surface area contributed by atoms with E-state index in [-0.39, 0.29) is 4.90 Å². The summed E-state index contributed by atoms with van der Waals surface area (Å²) in [6.45, 7) is 5.99. The number of sulfonamides is 1. The van der Waals surface area contributed by atoms with Crippen LogP contribution in [0.4, 0.5) is 11.8 Å². The summed E-state index contributed by atoms with van der Waals surface area (Å²) < 4.78 is 27.4. The van der Waals surface area contributed by atoms with E-state index in [0.717, 1.165) is 30.5 Å². The maximum Gasteiger partial charge on any atom is 0.243 e. The Bertz CT molecular complexity index is 971. The average Bonchev–Trinajstić information content (AvgIpc) is 2.74. The molecule has 156 valence electrons. The van der Waals surface area contributed by atoms with Gasteiger partial charge in [0.15, 0.2) is 0 Å². The summed E-state index contributed by atoms with van der Waals surface area (Å²) in [5.74, 6) is 1.66. The highest BCUT2D eigenvalue weighted by molar-refractivity contribution is 7.89. The first-order valence-corrected chi connectivity index (χ1v) is 11.9. The molecule has 0 radical (unpaired) electrons.